The third-order valence-corrected chi connectivity index (χ3v) is 3.30. The van der Waals surface area contributed by atoms with Gasteiger partial charge in [-0.2, -0.15) is 0 Å². The van der Waals surface area contributed by atoms with Crippen LogP contribution in [0, 0.1) is 0 Å². The molecule has 0 radical (unpaired) electrons. The van der Waals surface area contributed by atoms with Crippen molar-refractivity contribution in [3.63, 3.8) is 0 Å². The summed E-state index contributed by atoms with van der Waals surface area (Å²) in [5.74, 6) is 0. The topological polar surface area (TPSA) is 52.0 Å². The van der Waals surface area contributed by atoms with E-state index in [0.29, 0.717) is 12.1 Å². The van der Waals surface area contributed by atoms with Gasteiger partial charge in [-0.1, -0.05) is 38.5 Å². The Kier molecular flexibility index (Phi) is 14.6. The molecule has 2 fully saturated rings. The van der Waals surface area contributed by atoms with Crippen molar-refractivity contribution in [1.82, 2.24) is 0 Å². The van der Waals surface area contributed by atoms with Gasteiger partial charge in [0.1, 0.15) is 0 Å². The zero-order valence-corrected chi connectivity index (χ0v) is 14.2. The monoisotopic (exact) mass is 463 g/mol. The Morgan fingerprint density at radius 3 is 1.00 bits per heavy atom. The van der Waals surface area contributed by atoms with E-state index in [1.807, 2.05) is 0 Å². The van der Waals surface area contributed by atoms with E-state index >= 15 is 0 Å². The van der Waals surface area contributed by atoms with Crippen molar-refractivity contribution in [3.8, 4) is 0 Å². The third-order valence-electron chi connectivity index (χ3n) is 3.30. The van der Waals surface area contributed by atoms with Crippen molar-refractivity contribution in [1.29, 1.82) is 0 Å². The Balaban J connectivity index is 0.000000247. The average molecular weight is 464 g/mol. The van der Waals surface area contributed by atoms with Crippen molar-refractivity contribution >= 4 is 18.8 Å². The van der Waals surface area contributed by atoms with Crippen LogP contribution < -0.4 is 11.5 Å². The number of rotatable bonds is 0. The Morgan fingerprint density at radius 2 is 0.882 bits per heavy atom. The molecule has 2 nitrogen and oxygen atoms in total. The third kappa shape index (κ3) is 13.4. The molecule has 108 valence electrons. The number of hydrogen-bond acceptors (Lipinski definition) is 2. The summed E-state index contributed by atoms with van der Waals surface area (Å²) in [7, 11) is 9.75. The second-order valence-corrected chi connectivity index (χ2v) is 8.12. The first-order valence-electron chi connectivity index (χ1n) is 6.54. The van der Waals surface area contributed by atoms with Gasteiger partial charge in [-0.05, 0) is 25.7 Å². The predicted octanol–water partition coefficient (Wildman–Crippen LogP) is 3.93. The molecule has 0 aliphatic heterocycles. The van der Waals surface area contributed by atoms with E-state index < -0.39 is 16.5 Å². The Bertz CT molecular complexity index is 133. The number of nitrogens with two attached hydrogens (primary N) is 2. The summed E-state index contributed by atoms with van der Waals surface area (Å²) in [6.45, 7) is 0. The first-order valence-corrected chi connectivity index (χ1v) is 12.2. The molecule has 17 heavy (non-hydrogen) atoms. The van der Waals surface area contributed by atoms with E-state index in [2.05, 4.69) is 0 Å². The minimum absolute atomic E-state index is 0.472. The normalized spacial score (nSPS) is 22.1. The van der Waals surface area contributed by atoms with E-state index in [9.17, 15) is 0 Å². The molecule has 0 atom stereocenters. The Morgan fingerprint density at radius 1 is 0.647 bits per heavy atom. The minimum atomic E-state index is -0.472. The van der Waals surface area contributed by atoms with Crippen LogP contribution in [-0.2, 0) is 16.5 Å². The van der Waals surface area contributed by atoms with Crippen LogP contribution in [0.4, 0.5) is 0 Å². The Labute approximate surface area is 123 Å². The van der Waals surface area contributed by atoms with Crippen molar-refractivity contribution in [2.45, 2.75) is 76.3 Å². The SMILES string of the molecule is NC1CCCCC1.NC1CCCCC1.[Cl][Pt][Cl]. The van der Waals surface area contributed by atoms with Crippen molar-refractivity contribution in [2.24, 2.45) is 11.5 Å². The van der Waals surface area contributed by atoms with Gasteiger partial charge < -0.3 is 11.5 Å². The van der Waals surface area contributed by atoms with Crippen LogP contribution in [0.25, 0.3) is 0 Å². The molecule has 2 saturated carbocycles. The molecule has 0 heterocycles. The van der Waals surface area contributed by atoms with Crippen molar-refractivity contribution in [3.05, 3.63) is 0 Å². The maximum atomic E-state index is 5.63. The summed E-state index contributed by atoms with van der Waals surface area (Å²) < 4.78 is 0. The molecule has 0 unspecified atom stereocenters. The molecule has 0 spiro atoms. The molecule has 2 aliphatic carbocycles. The van der Waals surface area contributed by atoms with Crippen LogP contribution in [-0.4, -0.2) is 12.1 Å². The van der Waals surface area contributed by atoms with Crippen LogP contribution in [0.3, 0.4) is 0 Å². The summed E-state index contributed by atoms with van der Waals surface area (Å²) in [6, 6.07) is 1.07. The maximum absolute atomic E-state index is 5.63. The molecule has 0 aromatic heterocycles. The molecule has 0 bridgehead atoms. The predicted molar refractivity (Wildman–Crippen MR) is 73.8 cm³/mol. The van der Waals surface area contributed by atoms with Crippen molar-refractivity contribution in [2.75, 3.05) is 0 Å². The van der Waals surface area contributed by atoms with Gasteiger partial charge >= 0.3 is 35.3 Å². The van der Waals surface area contributed by atoms with Crippen LogP contribution in [0.1, 0.15) is 64.2 Å². The van der Waals surface area contributed by atoms with E-state index in [1.165, 1.54) is 64.2 Å². The van der Waals surface area contributed by atoms with Gasteiger partial charge in [-0.15, -0.1) is 0 Å². The van der Waals surface area contributed by atoms with Crippen molar-refractivity contribution < 1.29 is 16.5 Å². The summed E-state index contributed by atoms with van der Waals surface area (Å²) in [5.41, 5.74) is 11.3. The zero-order chi connectivity index (χ0) is 12.9. The second-order valence-electron chi connectivity index (χ2n) is 4.84. The summed E-state index contributed by atoms with van der Waals surface area (Å²) in [6.07, 6.45) is 13.3. The first kappa shape index (κ1) is 18.2. The zero-order valence-electron chi connectivity index (χ0n) is 10.5. The molecule has 5 heteroatoms. The number of hydrogen-bond donors (Lipinski definition) is 2. The molecule has 2 aliphatic rings. The summed E-state index contributed by atoms with van der Waals surface area (Å²) in [5, 5.41) is 0. The van der Waals surface area contributed by atoms with E-state index in [0.717, 1.165) is 0 Å². The summed E-state index contributed by atoms with van der Waals surface area (Å²) >= 11 is -0.472. The van der Waals surface area contributed by atoms with Crippen LogP contribution in [0.5, 0.6) is 0 Å². The summed E-state index contributed by atoms with van der Waals surface area (Å²) in [4.78, 5) is 0. The molecule has 2 rings (SSSR count). The molecule has 0 saturated heterocycles. The average Bonchev–Trinajstić information content (AvgIpc) is 2.33. The van der Waals surface area contributed by atoms with E-state index in [1.54, 1.807) is 0 Å². The Hall–Kier alpha value is 1.19. The van der Waals surface area contributed by atoms with Crippen LogP contribution in [0.15, 0.2) is 0 Å². The molecule has 4 N–H and O–H groups in total. The van der Waals surface area contributed by atoms with Gasteiger partial charge in [0.25, 0.3) is 0 Å². The van der Waals surface area contributed by atoms with Gasteiger partial charge in [0.15, 0.2) is 0 Å². The van der Waals surface area contributed by atoms with Gasteiger partial charge in [0.05, 0.1) is 0 Å². The van der Waals surface area contributed by atoms with Gasteiger partial charge in [0, 0.05) is 12.1 Å². The molecule has 0 aromatic rings. The van der Waals surface area contributed by atoms with Gasteiger partial charge in [-0.3, -0.25) is 0 Å². The van der Waals surface area contributed by atoms with Gasteiger partial charge in [-0.25, -0.2) is 0 Å². The fraction of sp³-hybridized carbons (Fsp3) is 1.00. The molecule has 0 aromatic carbocycles. The fourth-order valence-corrected chi connectivity index (χ4v) is 2.27. The van der Waals surface area contributed by atoms with E-state index in [4.69, 9.17) is 30.3 Å². The molecular formula is C12H26Cl2N2Pt. The second kappa shape index (κ2) is 13.6. The molecule has 0 amide bonds. The standard InChI is InChI=1S/2C6H13N.2ClH.Pt/c2*7-6-4-2-1-3-5-6;;;/h2*6H,1-5,7H2;2*1H;/q;;;;+2/p-2. The van der Waals surface area contributed by atoms with Crippen LogP contribution in [0.2, 0.25) is 0 Å². The van der Waals surface area contributed by atoms with Gasteiger partial charge in [0.2, 0.25) is 0 Å². The first-order chi connectivity index (χ1) is 8.20. The molecular weight excluding hydrogens is 438 g/mol. The fourth-order valence-electron chi connectivity index (χ4n) is 2.27. The van der Waals surface area contributed by atoms with E-state index in [-0.39, 0.29) is 0 Å². The van der Waals surface area contributed by atoms with Crippen LogP contribution >= 0.6 is 18.8 Å². The number of halogens is 2. The quantitative estimate of drug-likeness (QED) is 0.571.